The first-order valence-electron chi connectivity index (χ1n) is 4.63. The quantitative estimate of drug-likeness (QED) is 0.739. The van der Waals surface area contributed by atoms with E-state index in [9.17, 15) is 4.79 Å². The van der Waals surface area contributed by atoms with E-state index >= 15 is 0 Å². The molecule has 3 heteroatoms. The minimum Gasteiger partial charge on any atom is -0.480 e. The van der Waals surface area contributed by atoms with Gasteiger partial charge in [0.1, 0.15) is 5.54 Å². The summed E-state index contributed by atoms with van der Waals surface area (Å²) in [5.41, 5.74) is 6.90. The van der Waals surface area contributed by atoms with Crippen molar-refractivity contribution in [1.82, 2.24) is 0 Å². The SMILES string of the molecule is Cc1ccccc1[C@@H]1C[C@@]1(N)C(=O)O. The standard InChI is InChI=1S/C11H13NO2/c1-7-4-2-3-5-8(7)9-6-11(9,12)10(13)14/h2-5,9H,6,12H2,1H3,(H,13,14)/t9-,11-/m0/s1. The van der Waals surface area contributed by atoms with Crippen LogP contribution >= 0.6 is 0 Å². The molecule has 0 spiro atoms. The maximum absolute atomic E-state index is 10.9. The molecule has 1 aromatic carbocycles. The van der Waals surface area contributed by atoms with Crippen LogP contribution in [0.5, 0.6) is 0 Å². The van der Waals surface area contributed by atoms with Gasteiger partial charge in [0, 0.05) is 5.92 Å². The van der Waals surface area contributed by atoms with E-state index in [4.69, 9.17) is 10.8 Å². The summed E-state index contributed by atoms with van der Waals surface area (Å²) in [7, 11) is 0. The van der Waals surface area contributed by atoms with Crippen LogP contribution in [-0.4, -0.2) is 16.6 Å². The van der Waals surface area contributed by atoms with E-state index < -0.39 is 11.5 Å². The summed E-state index contributed by atoms with van der Waals surface area (Å²) in [5, 5.41) is 8.91. The van der Waals surface area contributed by atoms with Crippen LogP contribution in [-0.2, 0) is 4.79 Å². The lowest BCUT2D eigenvalue weighted by Gasteiger charge is -2.07. The van der Waals surface area contributed by atoms with Gasteiger partial charge in [-0.3, -0.25) is 4.79 Å². The molecule has 3 N–H and O–H groups in total. The Morgan fingerprint density at radius 3 is 2.71 bits per heavy atom. The summed E-state index contributed by atoms with van der Waals surface area (Å²) in [5.74, 6) is -0.910. The van der Waals surface area contributed by atoms with Crippen LogP contribution in [0.15, 0.2) is 24.3 Å². The molecule has 0 bridgehead atoms. The topological polar surface area (TPSA) is 63.3 Å². The predicted molar refractivity (Wildman–Crippen MR) is 53.1 cm³/mol. The Hall–Kier alpha value is -1.35. The summed E-state index contributed by atoms with van der Waals surface area (Å²) in [6, 6.07) is 7.80. The number of aliphatic carboxylic acids is 1. The van der Waals surface area contributed by atoms with Crippen molar-refractivity contribution in [3.8, 4) is 0 Å². The Bertz CT molecular complexity index is 389. The smallest absolute Gasteiger partial charge is 0.324 e. The number of hydrogen-bond acceptors (Lipinski definition) is 2. The van der Waals surface area contributed by atoms with Gasteiger partial charge < -0.3 is 10.8 Å². The predicted octanol–water partition coefficient (Wildman–Crippen LogP) is 1.26. The second-order valence-electron chi connectivity index (χ2n) is 3.96. The third-order valence-electron chi connectivity index (χ3n) is 2.97. The highest BCUT2D eigenvalue weighted by atomic mass is 16.4. The highest BCUT2D eigenvalue weighted by molar-refractivity contribution is 5.85. The second kappa shape index (κ2) is 2.82. The maximum atomic E-state index is 10.9. The maximum Gasteiger partial charge on any atom is 0.324 e. The summed E-state index contributed by atoms with van der Waals surface area (Å²) in [6.07, 6.45) is 0.549. The van der Waals surface area contributed by atoms with Crippen LogP contribution in [0.1, 0.15) is 23.5 Å². The van der Waals surface area contributed by atoms with Gasteiger partial charge in [-0.05, 0) is 24.5 Å². The number of carbonyl (C=O) groups is 1. The van der Waals surface area contributed by atoms with E-state index in [1.54, 1.807) is 0 Å². The number of aryl methyl sites for hydroxylation is 1. The normalized spacial score (nSPS) is 30.0. The van der Waals surface area contributed by atoms with Crippen molar-refractivity contribution in [3.63, 3.8) is 0 Å². The van der Waals surface area contributed by atoms with Crippen molar-refractivity contribution in [2.24, 2.45) is 5.73 Å². The van der Waals surface area contributed by atoms with Gasteiger partial charge in [-0.15, -0.1) is 0 Å². The van der Waals surface area contributed by atoms with Gasteiger partial charge in [0.15, 0.2) is 0 Å². The summed E-state index contributed by atoms with van der Waals surface area (Å²) in [6.45, 7) is 1.98. The van der Waals surface area contributed by atoms with E-state index in [1.807, 2.05) is 31.2 Å². The van der Waals surface area contributed by atoms with Gasteiger partial charge in [-0.25, -0.2) is 0 Å². The second-order valence-corrected chi connectivity index (χ2v) is 3.96. The number of hydrogen-bond donors (Lipinski definition) is 2. The molecular weight excluding hydrogens is 178 g/mol. The molecule has 1 aliphatic rings. The number of nitrogens with two attached hydrogens (primary N) is 1. The van der Waals surface area contributed by atoms with Crippen molar-refractivity contribution >= 4 is 5.97 Å². The Morgan fingerprint density at radius 1 is 1.57 bits per heavy atom. The molecule has 1 aliphatic carbocycles. The van der Waals surface area contributed by atoms with Crippen LogP contribution < -0.4 is 5.73 Å². The van der Waals surface area contributed by atoms with E-state index in [0.29, 0.717) is 6.42 Å². The Kier molecular flexibility index (Phi) is 1.86. The van der Waals surface area contributed by atoms with Crippen LogP contribution in [0, 0.1) is 6.92 Å². The number of carboxylic acid groups (broad SMARTS) is 1. The van der Waals surface area contributed by atoms with Crippen LogP contribution in [0.4, 0.5) is 0 Å². The number of benzene rings is 1. The number of carboxylic acids is 1. The molecule has 74 valence electrons. The molecule has 14 heavy (non-hydrogen) atoms. The van der Waals surface area contributed by atoms with E-state index in [0.717, 1.165) is 11.1 Å². The minimum absolute atomic E-state index is 0.0128. The Morgan fingerprint density at radius 2 is 2.21 bits per heavy atom. The van der Waals surface area contributed by atoms with Crippen LogP contribution in [0.3, 0.4) is 0 Å². The van der Waals surface area contributed by atoms with Crippen molar-refractivity contribution in [2.75, 3.05) is 0 Å². The van der Waals surface area contributed by atoms with Gasteiger partial charge in [0.05, 0.1) is 0 Å². The van der Waals surface area contributed by atoms with Gasteiger partial charge in [0.25, 0.3) is 0 Å². The lowest BCUT2D eigenvalue weighted by molar-refractivity contribution is -0.139. The molecule has 0 aromatic heterocycles. The highest BCUT2D eigenvalue weighted by Crippen LogP contribution is 2.50. The Balaban J connectivity index is 2.29. The molecule has 0 aliphatic heterocycles. The lowest BCUT2D eigenvalue weighted by atomic mass is 10.0. The molecule has 0 unspecified atom stereocenters. The zero-order valence-electron chi connectivity index (χ0n) is 8.03. The fourth-order valence-electron chi connectivity index (χ4n) is 1.88. The lowest BCUT2D eigenvalue weighted by Crippen LogP contribution is -2.34. The highest BCUT2D eigenvalue weighted by Gasteiger charge is 2.58. The zero-order valence-corrected chi connectivity index (χ0v) is 8.03. The molecule has 0 amide bonds. The van der Waals surface area contributed by atoms with Gasteiger partial charge in [-0.2, -0.15) is 0 Å². The third kappa shape index (κ3) is 1.21. The minimum atomic E-state index is -1.02. The molecule has 2 rings (SSSR count). The van der Waals surface area contributed by atoms with Crippen LogP contribution in [0.25, 0.3) is 0 Å². The molecule has 1 saturated carbocycles. The molecular formula is C11H13NO2. The molecule has 2 atom stereocenters. The largest absolute Gasteiger partial charge is 0.480 e. The first-order valence-corrected chi connectivity index (χ1v) is 4.63. The molecule has 0 radical (unpaired) electrons. The fourth-order valence-corrected chi connectivity index (χ4v) is 1.88. The summed E-state index contributed by atoms with van der Waals surface area (Å²) >= 11 is 0. The first-order chi connectivity index (χ1) is 6.55. The summed E-state index contributed by atoms with van der Waals surface area (Å²) < 4.78 is 0. The van der Waals surface area contributed by atoms with Crippen molar-refractivity contribution < 1.29 is 9.90 Å². The molecule has 0 saturated heterocycles. The summed E-state index contributed by atoms with van der Waals surface area (Å²) in [4.78, 5) is 10.9. The van der Waals surface area contributed by atoms with Gasteiger partial charge in [0.2, 0.25) is 0 Å². The van der Waals surface area contributed by atoms with Crippen molar-refractivity contribution in [1.29, 1.82) is 0 Å². The van der Waals surface area contributed by atoms with Crippen LogP contribution in [0.2, 0.25) is 0 Å². The first kappa shape index (κ1) is 9.21. The van der Waals surface area contributed by atoms with E-state index in [1.165, 1.54) is 0 Å². The fraction of sp³-hybridized carbons (Fsp3) is 0.364. The van der Waals surface area contributed by atoms with Crippen molar-refractivity contribution in [3.05, 3.63) is 35.4 Å². The monoisotopic (exact) mass is 191 g/mol. The van der Waals surface area contributed by atoms with E-state index in [2.05, 4.69) is 0 Å². The average Bonchev–Trinajstić information content (AvgIpc) is 2.80. The van der Waals surface area contributed by atoms with E-state index in [-0.39, 0.29) is 5.92 Å². The van der Waals surface area contributed by atoms with Crippen molar-refractivity contribution in [2.45, 2.75) is 24.8 Å². The zero-order chi connectivity index (χ0) is 10.3. The van der Waals surface area contributed by atoms with Gasteiger partial charge in [-0.1, -0.05) is 24.3 Å². The average molecular weight is 191 g/mol. The van der Waals surface area contributed by atoms with Gasteiger partial charge >= 0.3 is 5.97 Å². The molecule has 1 fully saturated rings. The molecule has 1 aromatic rings. The molecule has 0 heterocycles. The number of rotatable bonds is 2. The third-order valence-corrected chi connectivity index (χ3v) is 2.97. The Labute approximate surface area is 82.5 Å². The molecule has 3 nitrogen and oxygen atoms in total.